The van der Waals surface area contributed by atoms with E-state index in [4.69, 9.17) is 9.78 Å². The van der Waals surface area contributed by atoms with Crippen LogP contribution in [-0.2, 0) is 15.6 Å². The molecule has 1 aliphatic carbocycles. The van der Waals surface area contributed by atoms with Crippen LogP contribution in [0.15, 0.2) is 36.4 Å². The van der Waals surface area contributed by atoms with Gasteiger partial charge in [0.1, 0.15) is 0 Å². The molecule has 0 N–H and O–H groups in total. The molecule has 1 aliphatic heterocycles. The maximum Gasteiger partial charge on any atom is 0.278 e. The monoisotopic (exact) mass is 174 g/mol. The zero-order chi connectivity index (χ0) is 8.89. The van der Waals surface area contributed by atoms with E-state index in [2.05, 4.69) is 0 Å². The van der Waals surface area contributed by atoms with E-state index in [9.17, 15) is 4.79 Å². The molecular weight excluding hydrogens is 168 g/mol. The van der Waals surface area contributed by atoms with Gasteiger partial charge in [0.05, 0.1) is 0 Å². The van der Waals surface area contributed by atoms with Crippen molar-refractivity contribution in [3.05, 3.63) is 47.5 Å². The van der Waals surface area contributed by atoms with Gasteiger partial charge < -0.3 is 0 Å². The van der Waals surface area contributed by atoms with E-state index in [0.29, 0.717) is 5.56 Å². The quantitative estimate of drug-likeness (QED) is 0.442. The molecule has 1 spiro atoms. The molecule has 0 bridgehead atoms. The van der Waals surface area contributed by atoms with Gasteiger partial charge in [0.25, 0.3) is 5.79 Å². The van der Waals surface area contributed by atoms with Gasteiger partial charge in [-0.3, -0.25) is 4.79 Å². The zero-order valence-corrected chi connectivity index (χ0v) is 6.69. The Kier molecular flexibility index (Phi) is 1.12. The van der Waals surface area contributed by atoms with Crippen LogP contribution < -0.4 is 0 Å². The Morgan fingerprint density at radius 2 is 1.92 bits per heavy atom. The van der Waals surface area contributed by atoms with Gasteiger partial charge in [0.2, 0.25) is 0 Å². The van der Waals surface area contributed by atoms with Gasteiger partial charge in [-0.25, -0.2) is 0 Å². The average Bonchev–Trinajstić information content (AvgIpc) is 2.94. The predicted octanol–water partition coefficient (Wildman–Crippen LogP) is 1.55. The topological polar surface area (TPSA) is 42.1 Å². The van der Waals surface area contributed by atoms with Crippen molar-refractivity contribution in [2.45, 2.75) is 5.79 Å². The summed E-state index contributed by atoms with van der Waals surface area (Å²) in [6.07, 6.45) is 3.12. The first-order valence-corrected chi connectivity index (χ1v) is 4.02. The maximum atomic E-state index is 11.4. The molecule has 2 aliphatic rings. The van der Waals surface area contributed by atoms with Crippen molar-refractivity contribution in [2.24, 2.45) is 0 Å². The van der Waals surface area contributed by atoms with E-state index < -0.39 is 5.79 Å². The second-order valence-electron chi connectivity index (χ2n) is 3.08. The average molecular weight is 174 g/mol. The largest absolute Gasteiger partial charge is 0.289 e. The molecule has 0 amide bonds. The number of hydrogen-bond acceptors (Lipinski definition) is 3. The number of fused-ring (bicyclic) bond motifs is 2. The SMILES string of the molecule is O=C1C=CC2(OO2)c2ccccc21. The highest BCUT2D eigenvalue weighted by Gasteiger charge is 2.52. The number of carbonyl (C=O) groups excluding carboxylic acids is 1. The number of rotatable bonds is 0. The van der Waals surface area contributed by atoms with Gasteiger partial charge in [-0.2, -0.15) is 9.78 Å². The zero-order valence-electron chi connectivity index (χ0n) is 6.69. The van der Waals surface area contributed by atoms with Crippen LogP contribution in [-0.4, -0.2) is 5.78 Å². The minimum Gasteiger partial charge on any atom is -0.289 e. The fourth-order valence-electron chi connectivity index (χ4n) is 1.56. The van der Waals surface area contributed by atoms with Crippen molar-refractivity contribution in [3.8, 4) is 0 Å². The van der Waals surface area contributed by atoms with Crippen LogP contribution in [0.5, 0.6) is 0 Å². The van der Waals surface area contributed by atoms with Gasteiger partial charge in [-0.1, -0.05) is 24.3 Å². The maximum absolute atomic E-state index is 11.4. The Bertz CT molecular complexity index is 416. The lowest BCUT2D eigenvalue weighted by Crippen LogP contribution is -2.15. The Morgan fingerprint density at radius 3 is 2.69 bits per heavy atom. The van der Waals surface area contributed by atoms with Gasteiger partial charge in [-0.05, 0) is 12.2 Å². The molecule has 0 atom stereocenters. The van der Waals surface area contributed by atoms with Crippen LogP contribution in [0.3, 0.4) is 0 Å². The van der Waals surface area contributed by atoms with Gasteiger partial charge in [0, 0.05) is 11.1 Å². The highest BCUT2D eigenvalue weighted by Crippen LogP contribution is 2.45. The Balaban J connectivity index is 2.28. The second-order valence-corrected chi connectivity index (χ2v) is 3.08. The fourth-order valence-corrected chi connectivity index (χ4v) is 1.56. The molecule has 0 radical (unpaired) electrons. The van der Waals surface area contributed by atoms with E-state index in [1.165, 1.54) is 6.08 Å². The molecule has 1 aromatic carbocycles. The van der Waals surface area contributed by atoms with E-state index in [1.54, 1.807) is 12.1 Å². The number of hydrogen-bond donors (Lipinski definition) is 0. The van der Waals surface area contributed by atoms with Crippen molar-refractivity contribution in [3.63, 3.8) is 0 Å². The standard InChI is InChI=1S/C10H6O3/c11-9-5-6-10(12-13-10)8-4-2-1-3-7(8)9/h1-6H. The highest BCUT2D eigenvalue weighted by atomic mass is 17.4. The lowest BCUT2D eigenvalue weighted by Gasteiger charge is -2.11. The van der Waals surface area contributed by atoms with Gasteiger partial charge in [0.15, 0.2) is 5.78 Å². The minimum absolute atomic E-state index is 0.000301. The summed E-state index contributed by atoms with van der Waals surface area (Å²) in [4.78, 5) is 21.1. The molecule has 13 heavy (non-hydrogen) atoms. The van der Waals surface area contributed by atoms with Crippen molar-refractivity contribution < 1.29 is 14.6 Å². The minimum atomic E-state index is -0.759. The van der Waals surface area contributed by atoms with Crippen LogP contribution in [0.25, 0.3) is 0 Å². The van der Waals surface area contributed by atoms with Crippen molar-refractivity contribution >= 4 is 5.78 Å². The molecule has 0 unspecified atom stereocenters. The number of carbonyl (C=O) groups is 1. The van der Waals surface area contributed by atoms with Crippen molar-refractivity contribution in [2.75, 3.05) is 0 Å². The van der Waals surface area contributed by atoms with Crippen LogP contribution >= 0.6 is 0 Å². The summed E-state index contributed by atoms with van der Waals surface area (Å²) < 4.78 is 0. The molecule has 1 aromatic rings. The first-order chi connectivity index (χ1) is 6.32. The predicted molar refractivity (Wildman–Crippen MR) is 43.8 cm³/mol. The summed E-state index contributed by atoms with van der Waals surface area (Å²) in [5.74, 6) is -0.759. The summed E-state index contributed by atoms with van der Waals surface area (Å²) in [5.41, 5.74) is 1.45. The Labute approximate surface area is 74.5 Å². The van der Waals surface area contributed by atoms with Crippen LogP contribution in [0.2, 0.25) is 0 Å². The lowest BCUT2D eigenvalue weighted by molar-refractivity contribution is 0.0850. The summed E-state index contributed by atoms with van der Waals surface area (Å²) in [7, 11) is 0. The van der Waals surface area contributed by atoms with E-state index in [1.807, 2.05) is 18.2 Å². The summed E-state index contributed by atoms with van der Waals surface area (Å²) in [6, 6.07) is 7.29. The molecule has 0 aromatic heterocycles. The molecule has 3 rings (SSSR count). The number of allylic oxidation sites excluding steroid dienone is 1. The molecular formula is C10H6O3. The van der Waals surface area contributed by atoms with E-state index >= 15 is 0 Å². The molecule has 1 heterocycles. The van der Waals surface area contributed by atoms with Gasteiger partial charge >= 0.3 is 0 Å². The van der Waals surface area contributed by atoms with Crippen LogP contribution in [0.4, 0.5) is 0 Å². The van der Waals surface area contributed by atoms with Crippen LogP contribution in [0, 0.1) is 0 Å². The van der Waals surface area contributed by atoms with Crippen LogP contribution in [0.1, 0.15) is 15.9 Å². The number of benzene rings is 1. The third kappa shape index (κ3) is 0.826. The third-order valence-corrected chi connectivity index (χ3v) is 2.28. The van der Waals surface area contributed by atoms with Crippen molar-refractivity contribution in [1.29, 1.82) is 0 Å². The Morgan fingerprint density at radius 1 is 1.15 bits per heavy atom. The summed E-state index contributed by atoms with van der Waals surface area (Å²) >= 11 is 0. The second kappa shape index (κ2) is 2.07. The summed E-state index contributed by atoms with van der Waals surface area (Å²) in [5, 5.41) is 0. The number of ketones is 1. The molecule has 3 heteroatoms. The Hall–Kier alpha value is -1.45. The van der Waals surface area contributed by atoms with E-state index in [0.717, 1.165) is 5.56 Å². The molecule has 3 nitrogen and oxygen atoms in total. The smallest absolute Gasteiger partial charge is 0.278 e. The molecule has 1 fully saturated rings. The normalized spacial score (nSPS) is 21.7. The van der Waals surface area contributed by atoms with Gasteiger partial charge in [-0.15, -0.1) is 0 Å². The van der Waals surface area contributed by atoms with Crippen molar-refractivity contribution in [1.82, 2.24) is 0 Å². The fraction of sp³-hybridized carbons (Fsp3) is 0.100. The molecule has 0 saturated carbocycles. The highest BCUT2D eigenvalue weighted by molar-refractivity contribution is 6.07. The third-order valence-electron chi connectivity index (χ3n) is 2.28. The first-order valence-electron chi connectivity index (χ1n) is 4.02. The summed E-state index contributed by atoms with van der Waals surface area (Å²) in [6.45, 7) is 0. The van der Waals surface area contributed by atoms with E-state index in [-0.39, 0.29) is 5.78 Å². The lowest BCUT2D eigenvalue weighted by atomic mass is 9.92. The molecule has 64 valence electrons. The molecule has 1 saturated heterocycles. The first kappa shape index (κ1) is 7.00.